The molecule has 21 heavy (non-hydrogen) atoms. The predicted octanol–water partition coefficient (Wildman–Crippen LogP) is 2.28. The Morgan fingerprint density at radius 3 is 2.76 bits per heavy atom. The molecule has 0 unspecified atom stereocenters. The zero-order valence-electron chi connectivity index (χ0n) is 12.4. The van der Waals surface area contributed by atoms with Crippen LogP contribution in [0.25, 0.3) is 0 Å². The normalized spacial score (nSPS) is 10.2. The highest BCUT2D eigenvalue weighted by Crippen LogP contribution is 2.09. The first-order valence-electron chi connectivity index (χ1n) is 6.77. The molecule has 6 nitrogen and oxygen atoms in total. The molecule has 0 aliphatic heterocycles. The molecule has 0 saturated carbocycles. The number of carbonyl (C=O) groups excluding carboxylic acids is 1. The fourth-order valence-electron chi connectivity index (χ4n) is 1.83. The van der Waals surface area contributed by atoms with E-state index in [9.17, 15) is 4.79 Å². The first kappa shape index (κ1) is 14.9. The van der Waals surface area contributed by atoms with Gasteiger partial charge in [-0.1, -0.05) is 6.07 Å². The summed E-state index contributed by atoms with van der Waals surface area (Å²) in [6.07, 6.45) is 1.48. The molecule has 0 spiro atoms. The Kier molecular flexibility index (Phi) is 4.81. The Morgan fingerprint density at radius 2 is 2.10 bits per heavy atom. The smallest absolute Gasteiger partial charge is 0.341 e. The number of nitrogens with one attached hydrogen (secondary N) is 1. The summed E-state index contributed by atoms with van der Waals surface area (Å²) in [4.78, 5) is 24.4. The lowest BCUT2D eigenvalue weighted by molar-refractivity contribution is 0.0524. The molecule has 0 fully saturated rings. The Morgan fingerprint density at radius 1 is 1.29 bits per heavy atom. The van der Waals surface area contributed by atoms with Crippen molar-refractivity contribution in [3.63, 3.8) is 0 Å². The quantitative estimate of drug-likeness (QED) is 0.850. The minimum atomic E-state index is -0.401. The molecule has 6 heteroatoms. The Bertz CT molecular complexity index is 643. The summed E-state index contributed by atoms with van der Waals surface area (Å²) >= 11 is 0. The molecule has 1 N–H and O–H groups in total. The lowest BCUT2D eigenvalue weighted by Crippen LogP contribution is -2.11. The molecule has 0 bridgehead atoms. The van der Waals surface area contributed by atoms with Gasteiger partial charge in [-0.25, -0.2) is 14.8 Å². The summed E-state index contributed by atoms with van der Waals surface area (Å²) in [7, 11) is 0. The number of esters is 1. The SMILES string of the molecule is CCOC(=O)c1cnc(NCc2cccc(C)n2)nc1C. The summed E-state index contributed by atoms with van der Waals surface area (Å²) < 4.78 is 4.94. The van der Waals surface area contributed by atoms with E-state index in [0.29, 0.717) is 30.4 Å². The highest BCUT2D eigenvalue weighted by atomic mass is 16.5. The first-order valence-corrected chi connectivity index (χ1v) is 6.77. The van der Waals surface area contributed by atoms with Crippen LogP contribution in [0, 0.1) is 13.8 Å². The summed E-state index contributed by atoms with van der Waals surface area (Å²) in [5.74, 6) is 0.0609. The third kappa shape index (κ3) is 3.98. The molecular formula is C15H18N4O2. The maximum absolute atomic E-state index is 11.7. The number of anilines is 1. The molecule has 0 amide bonds. The molecule has 0 aliphatic rings. The van der Waals surface area contributed by atoms with Crippen molar-refractivity contribution < 1.29 is 9.53 Å². The van der Waals surface area contributed by atoms with Crippen LogP contribution < -0.4 is 5.32 Å². The van der Waals surface area contributed by atoms with Crippen LogP contribution in [0.5, 0.6) is 0 Å². The molecule has 0 aliphatic carbocycles. The molecule has 0 atom stereocenters. The topological polar surface area (TPSA) is 77.0 Å². The molecular weight excluding hydrogens is 268 g/mol. The Balaban J connectivity index is 2.05. The van der Waals surface area contributed by atoms with Gasteiger partial charge in [0.15, 0.2) is 0 Å². The van der Waals surface area contributed by atoms with Crippen LogP contribution in [0.4, 0.5) is 5.95 Å². The fraction of sp³-hybridized carbons (Fsp3) is 0.333. The second-order valence-electron chi connectivity index (χ2n) is 4.54. The highest BCUT2D eigenvalue weighted by molar-refractivity contribution is 5.90. The molecule has 2 heterocycles. The van der Waals surface area contributed by atoms with Gasteiger partial charge in [0.1, 0.15) is 0 Å². The zero-order valence-corrected chi connectivity index (χ0v) is 12.4. The predicted molar refractivity (Wildman–Crippen MR) is 79.0 cm³/mol. The highest BCUT2D eigenvalue weighted by Gasteiger charge is 2.12. The fourth-order valence-corrected chi connectivity index (χ4v) is 1.83. The zero-order chi connectivity index (χ0) is 15.2. The van der Waals surface area contributed by atoms with Crippen LogP contribution >= 0.6 is 0 Å². The standard InChI is InChI=1S/C15H18N4O2/c1-4-21-14(20)13-9-17-15(19-11(13)3)16-8-12-7-5-6-10(2)18-12/h5-7,9H,4,8H2,1-3H3,(H,16,17,19). The summed E-state index contributed by atoms with van der Waals surface area (Å²) in [5.41, 5.74) is 2.84. The number of aryl methyl sites for hydroxylation is 2. The van der Waals surface area contributed by atoms with E-state index in [1.54, 1.807) is 13.8 Å². The number of hydrogen-bond donors (Lipinski definition) is 1. The molecule has 2 aromatic rings. The van der Waals surface area contributed by atoms with Crippen LogP contribution in [0.1, 0.15) is 34.4 Å². The van der Waals surface area contributed by atoms with Gasteiger partial charge >= 0.3 is 5.97 Å². The lowest BCUT2D eigenvalue weighted by Gasteiger charge is -2.08. The Labute approximate surface area is 123 Å². The first-order chi connectivity index (χ1) is 10.1. The molecule has 2 rings (SSSR count). The van der Waals surface area contributed by atoms with Crippen molar-refractivity contribution >= 4 is 11.9 Å². The largest absolute Gasteiger partial charge is 0.462 e. The summed E-state index contributed by atoms with van der Waals surface area (Å²) in [6.45, 7) is 6.32. The van der Waals surface area contributed by atoms with Gasteiger partial charge in [0, 0.05) is 11.9 Å². The van der Waals surface area contributed by atoms with Crippen LogP contribution in [0.2, 0.25) is 0 Å². The number of carbonyl (C=O) groups is 1. The van der Waals surface area contributed by atoms with Gasteiger partial charge in [0.05, 0.1) is 30.1 Å². The Hall–Kier alpha value is -2.50. The maximum Gasteiger partial charge on any atom is 0.341 e. The van der Waals surface area contributed by atoms with Crippen molar-refractivity contribution in [2.75, 3.05) is 11.9 Å². The van der Waals surface area contributed by atoms with E-state index in [1.165, 1.54) is 6.20 Å². The lowest BCUT2D eigenvalue weighted by atomic mass is 10.2. The summed E-state index contributed by atoms with van der Waals surface area (Å²) in [5, 5.41) is 3.09. The van der Waals surface area contributed by atoms with Gasteiger partial charge in [-0.05, 0) is 32.9 Å². The van der Waals surface area contributed by atoms with Crippen molar-refractivity contribution in [1.82, 2.24) is 15.0 Å². The third-order valence-corrected chi connectivity index (χ3v) is 2.85. The minimum absolute atomic E-state index is 0.331. The van der Waals surface area contributed by atoms with Crippen LogP contribution in [-0.2, 0) is 11.3 Å². The number of rotatable bonds is 5. The van der Waals surface area contributed by atoms with Gasteiger partial charge < -0.3 is 10.1 Å². The number of pyridine rings is 1. The monoisotopic (exact) mass is 286 g/mol. The minimum Gasteiger partial charge on any atom is -0.462 e. The van der Waals surface area contributed by atoms with Gasteiger partial charge in [-0.2, -0.15) is 0 Å². The van der Waals surface area contributed by atoms with Gasteiger partial charge in [-0.3, -0.25) is 4.98 Å². The number of hydrogen-bond acceptors (Lipinski definition) is 6. The van der Waals surface area contributed by atoms with Crippen LogP contribution in [0.15, 0.2) is 24.4 Å². The van der Waals surface area contributed by atoms with E-state index >= 15 is 0 Å². The van der Waals surface area contributed by atoms with E-state index in [0.717, 1.165) is 11.4 Å². The molecule has 0 radical (unpaired) electrons. The average Bonchev–Trinajstić information content (AvgIpc) is 2.45. The van der Waals surface area contributed by atoms with Gasteiger partial charge in [-0.15, -0.1) is 0 Å². The van der Waals surface area contributed by atoms with Crippen molar-refractivity contribution in [2.24, 2.45) is 0 Å². The van der Waals surface area contributed by atoms with E-state index in [2.05, 4.69) is 20.3 Å². The molecule has 0 saturated heterocycles. The van der Waals surface area contributed by atoms with Gasteiger partial charge in [0.2, 0.25) is 5.95 Å². The van der Waals surface area contributed by atoms with Crippen molar-refractivity contribution in [3.05, 3.63) is 47.0 Å². The van der Waals surface area contributed by atoms with Gasteiger partial charge in [0.25, 0.3) is 0 Å². The van der Waals surface area contributed by atoms with Crippen molar-refractivity contribution in [1.29, 1.82) is 0 Å². The van der Waals surface area contributed by atoms with Crippen molar-refractivity contribution in [2.45, 2.75) is 27.3 Å². The second-order valence-corrected chi connectivity index (χ2v) is 4.54. The second kappa shape index (κ2) is 6.78. The van der Waals surface area contributed by atoms with Crippen molar-refractivity contribution in [3.8, 4) is 0 Å². The maximum atomic E-state index is 11.7. The number of ether oxygens (including phenoxy) is 1. The number of aromatic nitrogens is 3. The van der Waals surface area contributed by atoms with Crippen LogP contribution in [-0.4, -0.2) is 27.5 Å². The summed E-state index contributed by atoms with van der Waals surface area (Å²) in [6, 6.07) is 5.83. The average molecular weight is 286 g/mol. The van der Waals surface area contributed by atoms with E-state index in [-0.39, 0.29) is 0 Å². The molecule has 110 valence electrons. The third-order valence-electron chi connectivity index (χ3n) is 2.85. The van der Waals surface area contributed by atoms with Crippen LogP contribution in [0.3, 0.4) is 0 Å². The van der Waals surface area contributed by atoms with E-state index in [4.69, 9.17) is 4.74 Å². The van der Waals surface area contributed by atoms with E-state index in [1.807, 2.05) is 25.1 Å². The molecule has 2 aromatic heterocycles. The molecule has 0 aromatic carbocycles. The number of nitrogens with zero attached hydrogens (tertiary/aromatic N) is 3. The van der Waals surface area contributed by atoms with E-state index < -0.39 is 5.97 Å².